The maximum absolute atomic E-state index is 13.9. The predicted molar refractivity (Wildman–Crippen MR) is 76.6 cm³/mol. The van der Waals surface area contributed by atoms with E-state index in [9.17, 15) is 8.78 Å². The number of benzene rings is 1. The fourth-order valence-corrected chi connectivity index (χ4v) is 4.31. The van der Waals surface area contributed by atoms with Gasteiger partial charge in [-0.05, 0) is 29.9 Å². The van der Waals surface area contributed by atoms with Gasteiger partial charge in [0, 0.05) is 18.6 Å². The SMILES string of the molecule is OCc1cc(F)c(OC2CCOC3(CCSC3)C2)c(F)c1. The first-order valence-corrected chi connectivity index (χ1v) is 8.24. The number of halogens is 2. The number of ether oxygens (including phenoxy) is 2. The van der Waals surface area contributed by atoms with Crippen LogP contribution in [-0.2, 0) is 11.3 Å². The molecule has 1 aromatic carbocycles. The van der Waals surface area contributed by atoms with Gasteiger partial charge in [0.1, 0.15) is 6.10 Å². The second kappa shape index (κ2) is 6.10. The summed E-state index contributed by atoms with van der Waals surface area (Å²) in [7, 11) is 0. The average molecular weight is 316 g/mol. The van der Waals surface area contributed by atoms with E-state index in [2.05, 4.69) is 0 Å². The highest BCUT2D eigenvalue weighted by Gasteiger charge is 2.41. The number of rotatable bonds is 3. The molecule has 2 fully saturated rings. The Morgan fingerprint density at radius 2 is 2.14 bits per heavy atom. The molecule has 0 saturated carbocycles. The van der Waals surface area contributed by atoms with Crippen LogP contribution in [0.5, 0.6) is 5.75 Å². The third-order valence-electron chi connectivity index (χ3n) is 4.04. The van der Waals surface area contributed by atoms with E-state index < -0.39 is 18.2 Å². The topological polar surface area (TPSA) is 38.7 Å². The van der Waals surface area contributed by atoms with Crippen LogP contribution in [0, 0.1) is 11.6 Å². The van der Waals surface area contributed by atoms with Gasteiger partial charge in [0.15, 0.2) is 17.4 Å². The fraction of sp³-hybridized carbons (Fsp3) is 0.600. The van der Waals surface area contributed by atoms with Crippen LogP contribution in [0.4, 0.5) is 8.78 Å². The van der Waals surface area contributed by atoms with E-state index in [1.807, 2.05) is 11.8 Å². The van der Waals surface area contributed by atoms with Crippen LogP contribution in [0.2, 0.25) is 0 Å². The first kappa shape index (κ1) is 15.1. The van der Waals surface area contributed by atoms with Gasteiger partial charge in [-0.25, -0.2) is 8.78 Å². The predicted octanol–water partition coefficient (Wildman–Crippen LogP) is 2.89. The minimum absolute atomic E-state index is 0.189. The van der Waals surface area contributed by atoms with Crippen molar-refractivity contribution in [3.05, 3.63) is 29.3 Å². The van der Waals surface area contributed by atoms with Crippen LogP contribution in [0.15, 0.2) is 12.1 Å². The zero-order valence-electron chi connectivity index (χ0n) is 11.6. The van der Waals surface area contributed by atoms with Crippen molar-refractivity contribution in [2.45, 2.75) is 37.6 Å². The molecule has 2 heterocycles. The summed E-state index contributed by atoms with van der Waals surface area (Å²) in [6.45, 7) is 0.162. The highest BCUT2D eigenvalue weighted by atomic mass is 32.2. The summed E-state index contributed by atoms with van der Waals surface area (Å²) in [6.07, 6.45) is 2.03. The lowest BCUT2D eigenvalue weighted by Gasteiger charge is -2.37. The first-order valence-electron chi connectivity index (χ1n) is 7.09. The van der Waals surface area contributed by atoms with Gasteiger partial charge in [-0.3, -0.25) is 0 Å². The largest absolute Gasteiger partial charge is 0.484 e. The van der Waals surface area contributed by atoms with Crippen molar-refractivity contribution in [1.29, 1.82) is 0 Å². The lowest BCUT2D eigenvalue weighted by molar-refractivity contribution is -0.0969. The summed E-state index contributed by atoms with van der Waals surface area (Å²) in [6, 6.07) is 2.22. The Hall–Kier alpha value is -0.850. The smallest absolute Gasteiger partial charge is 0.191 e. The normalized spacial score (nSPS) is 29.0. The van der Waals surface area contributed by atoms with Crippen LogP contribution in [0.25, 0.3) is 0 Å². The Kier molecular flexibility index (Phi) is 4.38. The van der Waals surface area contributed by atoms with Crippen molar-refractivity contribution in [2.24, 2.45) is 0 Å². The van der Waals surface area contributed by atoms with Gasteiger partial charge in [-0.15, -0.1) is 0 Å². The Bertz CT molecular complexity index is 495. The summed E-state index contributed by atoms with van der Waals surface area (Å²) >= 11 is 1.84. The fourth-order valence-electron chi connectivity index (χ4n) is 2.93. The minimum atomic E-state index is -0.764. The van der Waals surface area contributed by atoms with E-state index >= 15 is 0 Å². The maximum Gasteiger partial charge on any atom is 0.191 e. The molecule has 0 bridgehead atoms. The van der Waals surface area contributed by atoms with E-state index in [0.29, 0.717) is 19.4 Å². The Labute approximate surface area is 126 Å². The maximum atomic E-state index is 13.9. The molecule has 0 radical (unpaired) electrons. The lowest BCUT2D eigenvalue weighted by Crippen LogP contribution is -2.44. The minimum Gasteiger partial charge on any atom is -0.484 e. The number of aliphatic hydroxyl groups excluding tert-OH is 1. The molecule has 1 aromatic rings. The van der Waals surface area contributed by atoms with Gasteiger partial charge >= 0.3 is 0 Å². The number of hydrogen-bond donors (Lipinski definition) is 1. The number of aliphatic hydroxyl groups is 1. The van der Waals surface area contributed by atoms with Gasteiger partial charge in [-0.2, -0.15) is 11.8 Å². The highest BCUT2D eigenvalue weighted by Crippen LogP contribution is 2.39. The molecule has 1 N–H and O–H groups in total. The van der Waals surface area contributed by atoms with E-state index in [-0.39, 0.29) is 23.0 Å². The van der Waals surface area contributed by atoms with Gasteiger partial charge in [-0.1, -0.05) is 0 Å². The quantitative estimate of drug-likeness (QED) is 0.931. The van der Waals surface area contributed by atoms with Crippen LogP contribution in [0.1, 0.15) is 24.8 Å². The Morgan fingerprint density at radius 1 is 1.38 bits per heavy atom. The van der Waals surface area contributed by atoms with Crippen molar-refractivity contribution in [1.82, 2.24) is 0 Å². The molecule has 2 aliphatic heterocycles. The molecular formula is C15H18F2O3S. The first-order chi connectivity index (χ1) is 10.1. The Balaban J connectivity index is 1.74. The van der Waals surface area contributed by atoms with Crippen molar-refractivity contribution in [3.8, 4) is 5.75 Å². The molecule has 3 nitrogen and oxygen atoms in total. The third-order valence-corrected chi connectivity index (χ3v) is 5.26. The number of thioether (sulfide) groups is 1. The van der Waals surface area contributed by atoms with E-state index in [1.54, 1.807) is 0 Å². The summed E-state index contributed by atoms with van der Waals surface area (Å²) in [4.78, 5) is 0. The molecule has 2 saturated heterocycles. The summed E-state index contributed by atoms with van der Waals surface area (Å²) in [5.41, 5.74) is 0.0129. The summed E-state index contributed by atoms with van der Waals surface area (Å²) < 4.78 is 39.3. The molecule has 6 heteroatoms. The van der Waals surface area contributed by atoms with Crippen molar-refractivity contribution in [2.75, 3.05) is 18.1 Å². The monoisotopic (exact) mass is 316 g/mol. The molecule has 0 aromatic heterocycles. The zero-order valence-corrected chi connectivity index (χ0v) is 12.4. The molecule has 2 aliphatic rings. The van der Waals surface area contributed by atoms with E-state index in [0.717, 1.165) is 30.1 Å². The molecule has 2 atom stereocenters. The second-order valence-electron chi connectivity index (χ2n) is 5.61. The molecule has 3 rings (SSSR count). The van der Waals surface area contributed by atoms with Crippen LogP contribution >= 0.6 is 11.8 Å². The van der Waals surface area contributed by atoms with E-state index in [1.165, 1.54) is 0 Å². The van der Waals surface area contributed by atoms with Gasteiger partial charge in [0.05, 0.1) is 18.8 Å². The molecule has 21 heavy (non-hydrogen) atoms. The third kappa shape index (κ3) is 3.17. The molecule has 1 spiro atoms. The average Bonchev–Trinajstić information content (AvgIpc) is 2.90. The van der Waals surface area contributed by atoms with Crippen molar-refractivity contribution < 1.29 is 23.4 Å². The van der Waals surface area contributed by atoms with Crippen molar-refractivity contribution in [3.63, 3.8) is 0 Å². The van der Waals surface area contributed by atoms with Crippen molar-refractivity contribution >= 4 is 11.8 Å². The zero-order chi connectivity index (χ0) is 14.9. The summed E-state index contributed by atoms with van der Waals surface area (Å²) in [5, 5.41) is 8.95. The Morgan fingerprint density at radius 3 is 2.76 bits per heavy atom. The standard InChI is InChI=1S/C15H18F2O3S/c16-12-5-10(8-18)6-13(17)14(12)20-11-1-3-19-15(7-11)2-4-21-9-15/h5-6,11,18H,1-4,7-9H2. The molecular weight excluding hydrogens is 298 g/mol. The van der Waals surface area contributed by atoms with Crippen LogP contribution in [0.3, 0.4) is 0 Å². The summed E-state index contributed by atoms with van der Waals surface area (Å²) in [5.74, 6) is 0.0997. The van der Waals surface area contributed by atoms with Gasteiger partial charge in [0.25, 0.3) is 0 Å². The van der Waals surface area contributed by atoms with Crippen LogP contribution in [-0.4, -0.2) is 34.9 Å². The molecule has 0 amide bonds. The molecule has 2 unspecified atom stereocenters. The number of hydrogen-bond acceptors (Lipinski definition) is 4. The van der Waals surface area contributed by atoms with Gasteiger partial charge < -0.3 is 14.6 Å². The second-order valence-corrected chi connectivity index (χ2v) is 6.72. The van der Waals surface area contributed by atoms with Crippen LogP contribution < -0.4 is 4.74 Å². The lowest BCUT2D eigenvalue weighted by atomic mass is 9.91. The van der Waals surface area contributed by atoms with Gasteiger partial charge in [0.2, 0.25) is 0 Å². The molecule has 0 aliphatic carbocycles. The highest BCUT2D eigenvalue weighted by molar-refractivity contribution is 7.99. The van der Waals surface area contributed by atoms with E-state index in [4.69, 9.17) is 14.6 Å². The molecule has 116 valence electrons.